The molecule has 3 nitrogen and oxygen atoms in total. The molecule has 0 N–H and O–H groups in total. The fourth-order valence-corrected chi connectivity index (χ4v) is 2.66. The van der Waals surface area contributed by atoms with Crippen molar-refractivity contribution in [1.29, 1.82) is 0 Å². The van der Waals surface area contributed by atoms with E-state index in [0.717, 1.165) is 10.9 Å². The van der Waals surface area contributed by atoms with Gasteiger partial charge < -0.3 is 4.90 Å². The second kappa shape index (κ2) is 6.46. The van der Waals surface area contributed by atoms with Gasteiger partial charge >= 0.3 is 0 Å². The number of benzene rings is 2. The highest BCUT2D eigenvalue weighted by Gasteiger charge is 2.17. The smallest absolute Gasteiger partial charge is 0.297 e. The van der Waals surface area contributed by atoms with E-state index >= 15 is 0 Å². The summed E-state index contributed by atoms with van der Waals surface area (Å²) in [7, 11) is 1.81. The van der Waals surface area contributed by atoms with Crippen LogP contribution in [0.15, 0.2) is 48.5 Å². The first-order chi connectivity index (χ1) is 11.0. The molecule has 1 heterocycles. The monoisotopic (exact) mass is 333 g/mol. The number of rotatable bonds is 4. The lowest BCUT2D eigenvalue weighted by atomic mass is 10.2. The Morgan fingerprint density at radius 3 is 2.61 bits per heavy atom. The summed E-state index contributed by atoms with van der Waals surface area (Å²) in [6.45, 7) is 0.504. The lowest BCUT2D eigenvalue weighted by Crippen LogP contribution is -2.19. The molecule has 0 atom stereocenters. The molecule has 0 saturated heterocycles. The zero-order valence-corrected chi connectivity index (χ0v) is 13.1. The number of hydrogen-bond acceptors (Lipinski definition) is 3. The van der Waals surface area contributed by atoms with Crippen molar-refractivity contribution in [3.05, 3.63) is 64.9 Å². The molecule has 23 heavy (non-hydrogen) atoms. The van der Waals surface area contributed by atoms with Crippen molar-refractivity contribution in [2.75, 3.05) is 11.9 Å². The van der Waals surface area contributed by atoms with Crippen LogP contribution < -0.4 is 4.90 Å². The fraction of sp³-hybridized carbons (Fsp3) is 0.176. The quantitative estimate of drug-likeness (QED) is 0.683. The lowest BCUT2D eigenvalue weighted by molar-refractivity contribution is 0.141. The van der Waals surface area contributed by atoms with Crippen LogP contribution in [0.1, 0.15) is 17.8 Å². The SMILES string of the molecule is CN(Cc1cccc(Cl)c1)c1nc(C(F)F)nc2ccccc12. The van der Waals surface area contributed by atoms with Crippen LogP contribution in [0.4, 0.5) is 14.6 Å². The molecule has 0 aliphatic rings. The van der Waals surface area contributed by atoms with Crippen molar-refractivity contribution in [1.82, 2.24) is 9.97 Å². The third-order valence-corrected chi connectivity index (χ3v) is 3.70. The molecule has 0 amide bonds. The first kappa shape index (κ1) is 15.6. The summed E-state index contributed by atoms with van der Waals surface area (Å²) in [6, 6.07) is 14.6. The molecular formula is C17H14ClF2N3. The van der Waals surface area contributed by atoms with Crippen molar-refractivity contribution in [2.24, 2.45) is 0 Å². The number of nitrogens with zero attached hydrogens (tertiary/aromatic N) is 3. The van der Waals surface area contributed by atoms with Crippen LogP contribution in [0.3, 0.4) is 0 Å². The summed E-state index contributed by atoms with van der Waals surface area (Å²) in [4.78, 5) is 9.80. The minimum atomic E-state index is -2.71. The zero-order chi connectivity index (χ0) is 16.4. The maximum absolute atomic E-state index is 13.1. The van der Waals surface area contributed by atoms with Gasteiger partial charge in [0.1, 0.15) is 5.82 Å². The highest BCUT2D eigenvalue weighted by atomic mass is 35.5. The van der Waals surface area contributed by atoms with Crippen molar-refractivity contribution >= 4 is 28.3 Å². The van der Waals surface area contributed by atoms with Gasteiger partial charge in [0.15, 0.2) is 5.82 Å². The van der Waals surface area contributed by atoms with Gasteiger partial charge in [0.05, 0.1) is 5.52 Å². The van der Waals surface area contributed by atoms with E-state index in [4.69, 9.17) is 11.6 Å². The van der Waals surface area contributed by atoms with Gasteiger partial charge in [0.2, 0.25) is 0 Å². The molecule has 3 aromatic rings. The van der Waals surface area contributed by atoms with E-state index in [9.17, 15) is 8.78 Å². The molecule has 0 bridgehead atoms. The normalized spacial score (nSPS) is 11.2. The Morgan fingerprint density at radius 1 is 1.09 bits per heavy atom. The molecule has 0 aliphatic carbocycles. The Hall–Kier alpha value is -2.27. The van der Waals surface area contributed by atoms with Gasteiger partial charge in [-0.2, -0.15) is 0 Å². The molecule has 2 aromatic carbocycles. The molecule has 1 aromatic heterocycles. The summed E-state index contributed by atoms with van der Waals surface area (Å²) < 4.78 is 26.1. The summed E-state index contributed by atoms with van der Waals surface area (Å²) in [5, 5.41) is 1.37. The highest BCUT2D eigenvalue weighted by molar-refractivity contribution is 6.30. The minimum absolute atomic E-state index is 0.461. The third kappa shape index (κ3) is 3.40. The average molecular weight is 334 g/mol. The number of aromatic nitrogens is 2. The first-order valence-electron chi connectivity index (χ1n) is 7.05. The van der Waals surface area contributed by atoms with Crippen molar-refractivity contribution < 1.29 is 8.78 Å². The van der Waals surface area contributed by atoms with Crippen molar-refractivity contribution in [2.45, 2.75) is 13.0 Å². The molecule has 0 spiro atoms. The maximum Gasteiger partial charge on any atom is 0.297 e. The molecule has 0 saturated carbocycles. The predicted octanol–water partition coefficient (Wildman–Crippen LogP) is 4.86. The Morgan fingerprint density at radius 2 is 1.87 bits per heavy atom. The van der Waals surface area contributed by atoms with Gasteiger partial charge in [-0.1, -0.05) is 35.9 Å². The van der Waals surface area contributed by atoms with Crippen LogP contribution in [0.2, 0.25) is 5.02 Å². The van der Waals surface area contributed by atoms with E-state index in [1.54, 1.807) is 18.2 Å². The number of fused-ring (bicyclic) bond motifs is 1. The number of anilines is 1. The predicted molar refractivity (Wildman–Crippen MR) is 88.1 cm³/mol. The number of alkyl halides is 2. The van der Waals surface area contributed by atoms with E-state index in [-0.39, 0.29) is 0 Å². The molecule has 0 fully saturated rings. The Kier molecular flexibility index (Phi) is 4.39. The van der Waals surface area contributed by atoms with E-state index in [2.05, 4.69) is 9.97 Å². The second-order valence-corrected chi connectivity index (χ2v) is 5.65. The van der Waals surface area contributed by atoms with Crippen LogP contribution in [0.5, 0.6) is 0 Å². The summed E-state index contributed by atoms with van der Waals surface area (Å²) in [6.07, 6.45) is -2.71. The van der Waals surface area contributed by atoms with Gasteiger partial charge in [-0.25, -0.2) is 18.7 Å². The largest absolute Gasteiger partial charge is 0.355 e. The molecule has 3 rings (SSSR count). The van der Waals surface area contributed by atoms with Crippen LogP contribution in [0, 0.1) is 0 Å². The lowest BCUT2D eigenvalue weighted by Gasteiger charge is -2.20. The summed E-state index contributed by atoms with van der Waals surface area (Å²) in [5.74, 6) is 0.0162. The third-order valence-electron chi connectivity index (χ3n) is 3.47. The topological polar surface area (TPSA) is 29.0 Å². The number of para-hydroxylation sites is 1. The Bertz CT molecular complexity index is 839. The van der Waals surface area contributed by atoms with Crippen LogP contribution in [-0.2, 0) is 6.54 Å². The summed E-state index contributed by atoms with van der Waals surface area (Å²) >= 11 is 5.99. The molecule has 0 radical (unpaired) electrons. The molecule has 118 valence electrons. The van der Waals surface area contributed by atoms with Crippen LogP contribution >= 0.6 is 11.6 Å². The second-order valence-electron chi connectivity index (χ2n) is 5.21. The van der Waals surface area contributed by atoms with Gasteiger partial charge in [-0.15, -0.1) is 0 Å². The van der Waals surface area contributed by atoms with Crippen molar-refractivity contribution in [3.8, 4) is 0 Å². The van der Waals surface area contributed by atoms with E-state index < -0.39 is 12.2 Å². The van der Waals surface area contributed by atoms with Crippen LogP contribution in [0.25, 0.3) is 10.9 Å². The molecule has 6 heteroatoms. The van der Waals surface area contributed by atoms with Crippen molar-refractivity contribution in [3.63, 3.8) is 0 Å². The molecule has 0 unspecified atom stereocenters. The number of hydrogen-bond donors (Lipinski definition) is 0. The molecular weight excluding hydrogens is 320 g/mol. The zero-order valence-electron chi connectivity index (χ0n) is 12.4. The first-order valence-corrected chi connectivity index (χ1v) is 7.43. The van der Waals surface area contributed by atoms with Gasteiger partial charge in [0, 0.05) is 24.0 Å². The highest BCUT2D eigenvalue weighted by Crippen LogP contribution is 2.27. The Balaban J connectivity index is 2.03. The van der Waals surface area contributed by atoms with Gasteiger partial charge in [-0.05, 0) is 29.8 Å². The van der Waals surface area contributed by atoms with Crippen LogP contribution in [-0.4, -0.2) is 17.0 Å². The number of halogens is 3. The van der Waals surface area contributed by atoms with E-state index in [0.29, 0.717) is 22.9 Å². The maximum atomic E-state index is 13.1. The molecule has 0 aliphatic heterocycles. The average Bonchev–Trinajstić information content (AvgIpc) is 2.53. The summed E-state index contributed by atoms with van der Waals surface area (Å²) in [5.41, 5.74) is 1.48. The van der Waals surface area contributed by atoms with E-state index in [1.165, 1.54) is 0 Å². The van der Waals surface area contributed by atoms with Gasteiger partial charge in [-0.3, -0.25) is 0 Å². The van der Waals surface area contributed by atoms with Gasteiger partial charge in [0.25, 0.3) is 6.43 Å². The minimum Gasteiger partial charge on any atom is -0.355 e. The Labute approximate surface area is 137 Å². The van der Waals surface area contributed by atoms with E-state index in [1.807, 2.05) is 42.3 Å². The fourth-order valence-electron chi connectivity index (χ4n) is 2.45. The standard InChI is InChI=1S/C17H14ClF2N3/c1-23(10-11-5-4-6-12(18)9-11)17-13-7-2-3-8-14(13)21-16(22-17)15(19)20/h2-9,15H,10H2,1H3.